The molecule has 0 amide bonds. The zero-order valence-electron chi connectivity index (χ0n) is 9.34. The molecule has 2 unspecified atom stereocenters. The first-order valence-electron chi connectivity index (χ1n) is 5.48. The predicted molar refractivity (Wildman–Crippen MR) is 56.2 cm³/mol. The second-order valence-electron chi connectivity index (χ2n) is 5.53. The van der Waals surface area contributed by atoms with Crippen molar-refractivity contribution < 1.29 is 4.79 Å². The molecule has 2 bridgehead atoms. The van der Waals surface area contributed by atoms with Gasteiger partial charge in [0.2, 0.25) is 0 Å². The monoisotopic (exact) mass is 196 g/mol. The van der Waals surface area contributed by atoms with Crippen LogP contribution in [0.1, 0.15) is 20.8 Å². The van der Waals surface area contributed by atoms with Crippen molar-refractivity contribution in [1.82, 2.24) is 10.2 Å². The minimum Gasteiger partial charge on any atom is -0.315 e. The maximum Gasteiger partial charge on any atom is 0.144 e. The van der Waals surface area contributed by atoms with Crippen LogP contribution >= 0.6 is 0 Å². The molecule has 2 aliphatic heterocycles. The van der Waals surface area contributed by atoms with Gasteiger partial charge in [-0.1, -0.05) is 0 Å². The fraction of sp³-hybridized carbons (Fsp3) is 0.909. The number of nitrogens with zero attached hydrogens (tertiary/aromatic N) is 1. The molecule has 0 radical (unpaired) electrons. The number of piperidine rings is 2. The van der Waals surface area contributed by atoms with Gasteiger partial charge in [-0.3, -0.25) is 9.69 Å². The lowest BCUT2D eigenvalue weighted by molar-refractivity contribution is -0.135. The van der Waals surface area contributed by atoms with E-state index in [0.717, 1.165) is 26.2 Å². The van der Waals surface area contributed by atoms with Crippen LogP contribution in [-0.4, -0.2) is 42.4 Å². The predicted octanol–water partition coefficient (Wildman–Crippen LogP) is 0.505. The van der Waals surface area contributed by atoms with Gasteiger partial charge in [0.1, 0.15) is 5.78 Å². The first-order chi connectivity index (χ1) is 6.48. The summed E-state index contributed by atoms with van der Waals surface area (Å²) in [5, 5.41) is 3.34. The zero-order chi connectivity index (χ0) is 10.3. The van der Waals surface area contributed by atoms with Crippen molar-refractivity contribution in [2.24, 2.45) is 11.8 Å². The second-order valence-corrected chi connectivity index (χ2v) is 5.53. The quantitative estimate of drug-likeness (QED) is 0.612. The summed E-state index contributed by atoms with van der Waals surface area (Å²) >= 11 is 0. The molecular formula is C11H20N2O. The molecule has 0 aromatic rings. The number of hydrogen-bond donors (Lipinski definition) is 1. The normalized spacial score (nSPS) is 34.6. The van der Waals surface area contributed by atoms with E-state index in [4.69, 9.17) is 0 Å². The molecule has 0 aromatic carbocycles. The van der Waals surface area contributed by atoms with Crippen LogP contribution < -0.4 is 5.32 Å². The summed E-state index contributed by atoms with van der Waals surface area (Å²) in [7, 11) is 0. The third kappa shape index (κ3) is 1.71. The highest BCUT2D eigenvalue weighted by Crippen LogP contribution is 2.26. The molecule has 14 heavy (non-hydrogen) atoms. The van der Waals surface area contributed by atoms with Crippen molar-refractivity contribution in [3.8, 4) is 0 Å². The number of nitrogens with one attached hydrogen (secondary N) is 1. The summed E-state index contributed by atoms with van der Waals surface area (Å²) in [4.78, 5) is 14.3. The largest absolute Gasteiger partial charge is 0.315 e. The highest BCUT2D eigenvalue weighted by atomic mass is 16.1. The van der Waals surface area contributed by atoms with Crippen LogP contribution in [0.4, 0.5) is 0 Å². The zero-order valence-corrected chi connectivity index (χ0v) is 9.34. The van der Waals surface area contributed by atoms with Crippen molar-refractivity contribution in [2.45, 2.75) is 26.3 Å². The van der Waals surface area contributed by atoms with Crippen molar-refractivity contribution >= 4 is 5.78 Å². The molecule has 2 heterocycles. The van der Waals surface area contributed by atoms with Crippen LogP contribution in [0.25, 0.3) is 0 Å². The van der Waals surface area contributed by atoms with Crippen LogP contribution in [-0.2, 0) is 4.79 Å². The molecule has 0 spiro atoms. The van der Waals surface area contributed by atoms with Gasteiger partial charge in [0.25, 0.3) is 0 Å². The third-order valence-corrected chi connectivity index (χ3v) is 3.42. The first-order valence-corrected chi connectivity index (χ1v) is 5.48. The summed E-state index contributed by atoms with van der Waals surface area (Å²) in [5.74, 6) is 0.965. The van der Waals surface area contributed by atoms with Gasteiger partial charge in [-0.25, -0.2) is 0 Å². The summed E-state index contributed by atoms with van der Waals surface area (Å²) in [6, 6.07) is 0. The summed E-state index contributed by atoms with van der Waals surface area (Å²) in [6.45, 7) is 10.3. The third-order valence-electron chi connectivity index (χ3n) is 3.42. The molecule has 80 valence electrons. The van der Waals surface area contributed by atoms with E-state index in [1.165, 1.54) is 0 Å². The molecule has 2 aliphatic rings. The van der Waals surface area contributed by atoms with Gasteiger partial charge >= 0.3 is 0 Å². The van der Waals surface area contributed by atoms with Gasteiger partial charge in [-0.05, 0) is 20.8 Å². The van der Waals surface area contributed by atoms with E-state index in [-0.39, 0.29) is 17.4 Å². The Labute approximate surface area is 85.8 Å². The molecule has 0 aliphatic carbocycles. The molecule has 0 saturated carbocycles. The smallest absolute Gasteiger partial charge is 0.144 e. The average molecular weight is 196 g/mol. The van der Waals surface area contributed by atoms with Gasteiger partial charge in [-0.2, -0.15) is 0 Å². The highest BCUT2D eigenvalue weighted by Gasteiger charge is 2.40. The van der Waals surface area contributed by atoms with E-state index in [0.29, 0.717) is 5.78 Å². The number of carbonyl (C=O) groups excluding carboxylic acids is 1. The van der Waals surface area contributed by atoms with Gasteiger partial charge in [0.05, 0.1) is 0 Å². The van der Waals surface area contributed by atoms with Crippen molar-refractivity contribution in [3.05, 3.63) is 0 Å². The molecule has 1 N–H and O–H groups in total. The number of fused-ring (bicyclic) bond motifs is 2. The highest BCUT2D eigenvalue weighted by molar-refractivity contribution is 5.85. The van der Waals surface area contributed by atoms with Crippen LogP contribution in [0.3, 0.4) is 0 Å². The molecule has 3 nitrogen and oxygen atoms in total. The molecule has 2 saturated heterocycles. The SMILES string of the molecule is CC(C)(C)N1CC2CNCC(C1)C2=O. The Morgan fingerprint density at radius 1 is 1.21 bits per heavy atom. The lowest BCUT2D eigenvalue weighted by atomic mass is 9.82. The maximum absolute atomic E-state index is 11.8. The Morgan fingerprint density at radius 2 is 1.71 bits per heavy atom. The van der Waals surface area contributed by atoms with Crippen LogP contribution in [0.5, 0.6) is 0 Å². The fourth-order valence-electron chi connectivity index (χ4n) is 2.43. The Bertz CT molecular complexity index is 228. The number of Topliss-reactive ketones (excluding diaryl/α,β-unsaturated/α-hetero) is 1. The van der Waals surface area contributed by atoms with Crippen molar-refractivity contribution in [3.63, 3.8) is 0 Å². The second kappa shape index (κ2) is 3.31. The fourth-order valence-corrected chi connectivity index (χ4v) is 2.43. The van der Waals surface area contributed by atoms with Crippen LogP contribution in [0, 0.1) is 11.8 Å². The van der Waals surface area contributed by atoms with E-state index >= 15 is 0 Å². The number of carbonyl (C=O) groups is 1. The van der Waals surface area contributed by atoms with Crippen molar-refractivity contribution in [1.29, 1.82) is 0 Å². The van der Waals surface area contributed by atoms with Crippen molar-refractivity contribution in [2.75, 3.05) is 26.2 Å². The van der Waals surface area contributed by atoms with E-state index < -0.39 is 0 Å². The first kappa shape index (κ1) is 10.1. The molecule has 2 atom stereocenters. The Hall–Kier alpha value is -0.410. The molecular weight excluding hydrogens is 176 g/mol. The maximum atomic E-state index is 11.8. The van der Waals surface area contributed by atoms with Crippen LogP contribution in [0.2, 0.25) is 0 Å². The number of rotatable bonds is 0. The van der Waals surface area contributed by atoms with E-state index in [2.05, 4.69) is 31.0 Å². The molecule has 0 aromatic heterocycles. The van der Waals surface area contributed by atoms with Gasteiger partial charge < -0.3 is 5.32 Å². The number of ketones is 1. The Balaban J connectivity index is 2.11. The van der Waals surface area contributed by atoms with E-state index in [1.807, 2.05) is 0 Å². The molecule has 3 heteroatoms. The summed E-state index contributed by atoms with van der Waals surface area (Å²) in [6.07, 6.45) is 0. The Morgan fingerprint density at radius 3 is 2.14 bits per heavy atom. The number of likely N-dealkylation sites (tertiary alicyclic amines) is 1. The minimum atomic E-state index is 0.203. The lowest BCUT2D eigenvalue weighted by Gasteiger charge is -2.46. The van der Waals surface area contributed by atoms with Gasteiger partial charge in [0.15, 0.2) is 0 Å². The Kier molecular flexibility index (Phi) is 2.40. The van der Waals surface area contributed by atoms with E-state index in [1.54, 1.807) is 0 Å². The van der Waals surface area contributed by atoms with Crippen LogP contribution in [0.15, 0.2) is 0 Å². The van der Waals surface area contributed by atoms with E-state index in [9.17, 15) is 4.79 Å². The van der Waals surface area contributed by atoms with Gasteiger partial charge in [0, 0.05) is 43.6 Å². The summed E-state index contributed by atoms with van der Waals surface area (Å²) < 4.78 is 0. The number of hydrogen-bond acceptors (Lipinski definition) is 3. The average Bonchev–Trinajstić information content (AvgIpc) is 2.00. The standard InChI is InChI=1S/C11H20N2O/c1-11(2,3)13-6-8-4-12-5-9(7-13)10(8)14/h8-9,12H,4-7H2,1-3H3. The molecule has 2 rings (SSSR count). The summed E-state index contributed by atoms with van der Waals surface area (Å²) in [5.41, 5.74) is 0.203. The minimum absolute atomic E-state index is 0.203. The van der Waals surface area contributed by atoms with Gasteiger partial charge in [-0.15, -0.1) is 0 Å². The topological polar surface area (TPSA) is 32.3 Å². The lowest BCUT2D eigenvalue weighted by Crippen LogP contribution is -2.60. The molecule has 2 fully saturated rings.